The number of aromatic amines is 1. The molecule has 3 aliphatic rings. The van der Waals surface area contributed by atoms with Crippen LogP contribution in [0.3, 0.4) is 0 Å². The predicted octanol–water partition coefficient (Wildman–Crippen LogP) is 17.9. The van der Waals surface area contributed by atoms with Gasteiger partial charge in [0.1, 0.15) is 67.9 Å². The van der Waals surface area contributed by atoms with Crippen molar-refractivity contribution in [3.63, 3.8) is 0 Å². The van der Waals surface area contributed by atoms with Crippen LogP contribution in [0.5, 0.6) is 5.75 Å². The zero-order valence-electron chi connectivity index (χ0n) is 69.1. The zero-order chi connectivity index (χ0) is 88.0. The number of aromatic nitrogens is 7. The Morgan fingerprint density at radius 3 is 1.25 bits per heavy atom. The number of piperazine rings is 3. The van der Waals surface area contributed by atoms with Crippen LogP contribution in [-0.2, 0) is 37.2 Å². The van der Waals surface area contributed by atoms with Crippen LogP contribution in [0.4, 0.5) is 24.8 Å². The number of fused-ring (bicyclic) bond motifs is 3. The molecule has 3 fully saturated rings. The Bertz CT molecular complexity index is 6210. The molecule has 0 atom stereocenters. The lowest BCUT2D eigenvalue weighted by Crippen LogP contribution is -2.65. The van der Waals surface area contributed by atoms with Gasteiger partial charge in [0.05, 0.1) is 45.8 Å². The quantitative estimate of drug-likeness (QED) is 0.0833. The topological polar surface area (TPSA) is 339 Å². The van der Waals surface area contributed by atoms with Crippen LogP contribution >= 0.6 is 34.8 Å². The highest BCUT2D eigenvalue weighted by atomic mass is 35.5. The summed E-state index contributed by atoms with van der Waals surface area (Å²) in [6, 6.07) is 33.4. The molecule has 3 aliphatic heterocycles. The van der Waals surface area contributed by atoms with Crippen molar-refractivity contribution in [2.45, 2.75) is 151 Å². The SMILES string of the molecule is C.CC(C)(C)c1cc(-c2ccc(Cl)c(F)c2)nc2cc(C(=O)N3CCN(c4cc(C(=O)O)[nH]n4)C(=O)C3(C)C)oc12.CC(C)(C)c1cc(-c2ccc(Cl)c(F)c2)nc2cc(C(=O)N3CCNC(=O)C3(C)C)oc12.COc1ccc(Cn2nc(C(=O)O)cc2N2CCN(C(=O)c3cc4nc(-c5ccc(Cl)c(F)c5)cc(C(C)(C)C)c4o3)C(C)(C)C2=O)cc1.[HH]. The number of carboxylic acid groups (broad SMARTS) is 2. The standard InChI is InChI=1S/C36H35ClFN5O6.C28H27ClFN5O5.C24H25ClFN3O3.CH4.H2/c1-35(2,3)23-16-26(21-9-12-24(37)25(38)15-21)39-27-17-29(49-31(23)27)32(44)42-14-13-41(34(47)36(42,4)5)30-18-28(33(45)46)40-43(30)19-20-7-10-22(48-6)11-8-20;1-27(2,3)15-11-18(14-6-7-16(29)17(30)10-14)31-19-12-21(40-23(15)19)24(36)35-9-8-34(26(39)28(35,4)5)22-13-20(25(37)38)32-33-22;1-23(2,3)14-11-17(13-6-7-15(25)16(26)10-13)28-18-12-19(32-20(14)18)21(30)29-9-8-27-22(31)24(29,4)5;;/h7-12,15-18H,13-14,19H2,1-6H3,(H,45,46);6-7,10-13H,8-9H2,1-5H3,(H,32,33)(H,37,38);6-7,10-12H,8-9H2,1-5H3,(H,27,31);1H4;1H. The van der Waals surface area contributed by atoms with E-state index in [1.807, 2.05) is 92.6 Å². The number of carbonyl (C=O) groups is 8. The van der Waals surface area contributed by atoms with Crippen molar-refractivity contribution in [1.82, 2.24) is 54.9 Å². The monoisotopic (exact) mass is 1730 g/mol. The fourth-order valence-electron chi connectivity index (χ4n) is 14.6. The van der Waals surface area contributed by atoms with Crippen molar-refractivity contribution < 1.29 is 81.2 Å². The Kier molecular flexibility index (Phi) is 24.2. The third-order valence-electron chi connectivity index (χ3n) is 21.5. The number of hydrogen-bond acceptors (Lipinski definition) is 17. The first-order valence-corrected chi connectivity index (χ1v) is 39.6. The van der Waals surface area contributed by atoms with Gasteiger partial charge in [-0.2, -0.15) is 10.2 Å². The molecule has 122 heavy (non-hydrogen) atoms. The average molecular weight is 1730 g/mol. The minimum atomic E-state index is -1.35. The molecular formula is C89H93Cl3F3N13O14. The first-order valence-electron chi connectivity index (χ1n) is 38.5. The number of anilines is 2. The van der Waals surface area contributed by atoms with E-state index in [1.54, 1.807) is 91.1 Å². The third-order valence-corrected chi connectivity index (χ3v) is 22.4. The van der Waals surface area contributed by atoms with E-state index in [-0.39, 0.29) is 108 Å². The number of furan rings is 3. The molecular weight excluding hydrogens is 1640 g/mol. The minimum absolute atomic E-state index is 0. The number of halogens is 6. The number of ether oxygens (including phenoxy) is 1. The smallest absolute Gasteiger partial charge is 0.356 e. The molecule has 0 radical (unpaired) electrons. The number of H-pyrrole nitrogens is 1. The number of nitrogens with zero attached hydrogens (tertiary/aromatic N) is 11. The molecule has 33 heteroatoms. The van der Waals surface area contributed by atoms with Gasteiger partial charge in [-0.1, -0.05) is 135 Å². The van der Waals surface area contributed by atoms with Crippen LogP contribution in [0.15, 0.2) is 141 Å². The molecule has 15 rings (SSSR count). The van der Waals surface area contributed by atoms with Crippen LogP contribution in [0, 0.1) is 17.5 Å². The summed E-state index contributed by atoms with van der Waals surface area (Å²) in [6.45, 7) is 29.3. The number of pyridine rings is 3. The summed E-state index contributed by atoms with van der Waals surface area (Å²) in [4.78, 5) is 125. The van der Waals surface area contributed by atoms with Gasteiger partial charge in [-0.15, -0.1) is 0 Å². The molecule has 640 valence electrons. The maximum Gasteiger partial charge on any atom is 0.356 e. The molecule has 27 nitrogen and oxygen atoms in total. The van der Waals surface area contributed by atoms with Gasteiger partial charge in [0, 0.05) is 104 Å². The van der Waals surface area contributed by atoms with E-state index in [0.717, 1.165) is 22.3 Å². The summed E-state index contributed by atoms with van der Waals surface area (Å²) in [5.41, 5.74) is 3.85. The number of aromatic carboxylic acids is 2. The van der Waals surface area contributed by atoms with Gasteiger partial charge in [-0.3, -0.25) is 43.7 Å². The second kappa shape index (κ2) is 33.2. The summed E-state index contributed by atoms with van der Waals surface area (Å²) in [5, 5.41) is 32.3. The first-order chi connectivity index (χ1) is 56.6. The number of benzene rings is 4. The van der Waals surface area contributed by atoms with Gasteiger partial charge < -0.3 is 48.2 Å². The van der Waals surface area contributed by atoms with Crippen LogP contribution in [0.25, 0.3) is 67.1 Å². The fraction of sp³-hybridized carbons (Fsp3) is 0.337. The van der Waals surface area contributed by atoms with Crippen LogP contribution in [-0.4, -0.2) is 170 Å². The van der Waals surface area contributed by atoms with Crippen LogP contribution in [0.2, 0.25) is 15.1 Å². The van der Waals surface area contributed by atoms with E-state index < -0.39 is 80.5 Å². The van der Waals surface area contributed by atoms with Crippen molar-refractivity contribution in [3.05, 3.63) is 211 Å². The Balaban J connectivity index is 0.000000182. The van der Waals surface area contributed by atoms with E-state index in [2.05, 4.69) is 30.6 Å². The van der Waals surface area contributed by atoms with Gasteiger partial charge in [-0.05, 0) is 130 Å². The molecule has 0 spiro atoms. The van der Waals surface area contributed by atoms with Crippen molar-refractivity contribution in [1.29, 1.82) is 0 Å². The highest BCUT2D eigenvalue weighted by Gasteiger charge is 2.49. The third kappa shape index (κ3) is 17.3. The van der Waals surface area contributed by atoms with Crippen LogP contribution in [0.1, 0.15) is 188 Å². The molecule has 0 aliphatic carbocycles. The number of hydrogen-bond donors (Lipinski definition) is 4. The van der Waals surface area contributed by atoms with Gasteiger partial charge in [-0.25, -0.2) is 42.4 Å². The zero-order valence-corrected chi connectivity index (χ0v) is 71.3. The molecule has 8 aromatic heterocycles. The van der Waals surface area contributed by atoms with Gasteiger partial charge >= 0.3 is 11.9 Å². The fourth-order valence-corrected chi connectivity index (χ4v) is 15.0. The van der Waals surface area contributed by atoms with E-state index in [0.29, 0.717) is 91.7 Å². The molecule has 6 amide bonds. The number of rotatable bonds is 13. The van der Waals surface area contributed by atoms with Gasteiger partial charge in [0.15, 0.2) is 45.5 Å². The lowest BCUT2D eigenvalue weighted by molar-refractivity contribution is -0.133. The highest BCUT2D eigenvalue weighted by Crippen LogP contribution is 2.42. The van der Waals surface area contributed by atoms with Gasteiger partial charge in [0.2, 0.25) is 5.91 Å². The largest absolute Gasteiger partial charge is 0.497 e. The molecule has 4 N–H and O–H groups in total. The molecule has 0 unspecified atom stereocenters. The Morgan fingerprint density at radius 1 is 0.508 bits per heavy atom. The number of nitrogens with one attached hydrogen (secondary N) is 2. The maximum absolute atomic E-state index is 14.4. The van der Waals surface area contributed by atoms with Gasteiger partial charge in [0.25, 0.3) is 29.5 Å². The normalized spacial score (nSPS) is 15.4. The highest BCUT2D eigenvalue weighted by molar-refractivity contribution is 6.31. The second-order valence-electron chi connectivity index (χ2n) is 34.1. The summed E-state index contributed by atoms with van der Waals surface area (Å²) in [6.07, 6.45) is 0. The molecule has 11 heterocycles. The lowest BCUT2D eigenvalue weighted by Gasteiger charge is -2.45. The predicted molar refractivity (Wildman–Crippen MR) is 458 cm³/mol. The Hall–Kier alpha value is -12.4. The first kappa shape index (κ1) is 88.9. The van der Waals surface area contributed by atoms with Crippen molar-refractivity contribution in [2.24, 2.45) is 0 Å². The van der Waals surface area contributed by atoms with Crippen molar-refractivity contribution in [3.8, 4) is 39.5 Å². The van der Waals surface area contributed by atoms with Crippen LogP contribution < -0.4 is 19.9 Å². The molecule has 0 bridgehead atoms. The van der Waals surface area contributed by atoms with Crippen molar-refractivity contribution in [2.75, 3.05) is 56.2 Å². The molecule has 12 aromatic rings. The lowest BCUT2D eigenvalue weighted by atomic mass is 9.86. The van der Waals surface area contributed by atoms with E-state index >= 15 is 0 Å². The number of amides is 6. The summed E-state index contributed by atoms with van der Waals surface area (Å²) >= 11 is 17.6. The Labute approximate surface area is 716 Å². The number of methoxy groups -OCH3 is 1. The van der Waals surface area contributed by atoms with E-state index in [1.165, 1.54) is 83.8 Å². The molecule has 3 saturated heterocycles. The Morgan fingerprint density at radius 2 is 0.893 bits per heavy atom. The summed E-state index contributed by atoms with van der Waals surface area (Å²) in [7, 11) is 1.56. The second-order valence-corrected chi connectivity index (χ2v) is 35.4. The van der Waals surface area contributed by atoms with E-state index in [4.69, 9.17) is 57.8 Å². The number of carbonyl (C=O) groups excluding carboxylic acids is 6. The summed E-state index contributed by atoms with van der Waals surface area (Å²) < 4.78 is 67.6. The summed E-state index contributed by atoms with van der Waals surface area (Å²) in [5.74, 6) is -5.28. The molecule has 4 aromatic carbocycles. The van der Waals surface area contributed by atoms with E-state index in [9.17, 15) is 61.7 Å². The minimum Gasteiger partial charge on any atom is -0.497 e. The van der Waals surface area contributed by atoms with Crippen molar-refractivity contribution >= 4 is 127 Å². The maximum atomic E-state index is 14.4. The average Bonchev–Trinajstić information content (AvgIpc) is 1.62. The molecule has 0 saturated carbocycles. The number of carboxylic acids is 2.